The van der Waals surface area contributed by atoms with Crippen LogP contribution in [0.25, 0.3) is 0 Å². The minimum atomic E-state index is 0.444. The van der Waals surface area contributed by atoms with Crippen molar-refractivity contribution in [1.29, 1.82) is 5.26 Å². The maximum atomic E-state index is 8.63. The van der Waals surface area contributed by atoms with Crippen LogP contribution in [0.1, 0.15) is 40.0 Å². The lowest BCUT2D eigenvalue weighted by Gasteiger charge is -2.27. The largest absolute Gasteiger partial charge is 0.302 e. The molecule has 2 unspecified atom stereocenters. The first-order valence-electron chi connectivity index (χ1n) is 5.22. The molecule has 2 heteroatoms. The predicted molar refractivity (Wildman–Crippen MR) is 56.4 cm³/mol. The van der Waals surface area contributed by atoms with Gasteiger partial charge in [0.05, 0.1) is 12.5 Å². The van der Waals surface area contributed by atoms with Crippen LogP contribution in [0.15, 0.2) is 0 Å². The Balaban J connectivity index is 3.91. The number of rotatable bonds is 6. The van der Waals surface area contributed by atoms with E-state index in [9.17, 15) is 0 Å². The van der Waals surface area contributed by atoms with Crippen molar-refractivity contribution in [3.8, 4) is 6.07 Å². The van der Waals surface area contributed by atoms with E-state index in [1.807, 2.05) is 0 Å². The lowest BCUT2D eigenvalue weighted by atomic mass is 10.1. The Morgan fingerprint density at radius 3 is 2.31 bits per heavy atom. The van der Waals surface area contributed by atoms with E-state index in [0.29, 0.717) is 12.5 Å². The van der Waals surface area contributed by atoms with Crippen LogP contribution in [-0.4, -0.2) is 24.5 Å². The molecule has 0 aliphatic carbocycles. The van der Waals surface area contributed by atoms with E-state index in [1.54, 1.807) is 0 Å². The molecule has 0 aromatic rings. The van der Waals surface area contributed by atoms with Crippen LogP contribution in [0.4, 0.5) is 0 Å². The first-order chi connectivity index (χ1) is 6.15. The summed E-state index contributed by atoms with van der Waals surface area (Å²) in [5.74, 6) is 0.734. The maximum absolute atomic E-state index is 8.63. The predicted octanol–water partition coefficient (Wildman–Crippen LogP) is 2.66. The van der Waals surface area contributed by atoms with Crippen molar-refractivity contribution in [1.82, 2.24) is 4.90 Å². The Morgan fingerprint density at radius 2 is 1.92 bits per heavy atom. The van der Waals surface area contributed by atoms with E-state index in [0.717, 1.165) is 18.9 Å². The molecule has 0 rings (SSSR count). The summed E-state index contributed by atoms with van der Waals surface area (Å²) in [4.78, 5) is 2.32. The standard InChI is InChI=1S/C11H22N2/c1-5-10(3)9-13(4)11(6-2)7-8-12/h10-11H,5-7,9H2,1-4H3. The summed E-state index contributed by atoms with van der Waals surface area (Å²) in [6.45, 7) is 7.73. The zero-order valence-electron chi connectivity index (χ0n) is 9.38. The van der Waals surface area contributed by atoms with Crippen LogP contribution in [0.5, 0.6) is 0 Å². The molecule has 0 aromatic carbocycles. The summed E-state index contributed by atoms with van der Waals surface area (Å²) in [5.41, 5.74) is 0. The highest BCUT2D eigenvalue weighted by molar-refractivity contribution is 4.81. The van der Waals surface area contributed by atoms with Crippen LogP contribution in [0.3, 0.4) is 0 Å². The second kappa shape index (κ2) is 6.91. The van der Waals surface area contributed by atoms with Gasteiger partial charge >= 0.3 is 0 Å². The van der Waals surface area contributed by atoms with Gasteiger partial charge in [-0.15, -0.1) is 0 Å². The second-order valence-corrected chi connectivity index (χ2v) is 3.88. The molecule has 0 spiro atoms. The number of hydrogen-bond acceptors (Lipinski definition) is 2. The summed E-state index contributed by atoms with van der Waals surface area (Å²) in [6.07, 6.45) is 2.94. The van der Waals surface area contributed by atoms with E-state index in [2.05, 4.69) is 38.8 Å². The SMILES string of the molecule is CCC(C)CN(C)C(CC)CC#N. The number of nitriles is 1. The lowest BCUT2D eigenvalue weighted by Crippen LogP contribution is -2.34. The Bertz CT molecular complexity index is 160. The Morgan fingerprint density at radius 1 is 1.31 bits per heavy atom. The summed E-state index contributed by atoms with van der Waals surface area (Å²) < 4.78 is 0. The number of nitrogens with zero attached hydrogens (tertiary/aromatic N) is 2. The quantitative estimate of drug-likeness (QED) is 0.631. The van der Waals surface area contributed by atoms with Crippen LogP contribution in [-0.2, 0) is 0 Å². The maximum Gasteiger partial charge on any atom is 0.0638 e. The van der Waals surface area contributed by atoms with Gasteiger partial charge in [0, 0.05) is 12.6 Å². The number of hydrogen-bond donors (Lipinski definition) is 0. The normalized spacial score (nSPS) is 15.4. The highest BCUT2D eigenvalue weighted by atomic mass is 15.1. The molecule has 2 nitrogen and oxygen atoms in total. The molecule has 13 heavy (non-hydrogen) atoms. The van der Waals surface area contributed by atoms with Crippen LogP contribution >= 0.6 is 0 Å². The summed E-state index contributed by atoms with van der Waals surface area (Å²) in [5, 5.41) is 8.63. The molecule has 0 saturated carbocycles. The lowest BCUT2D eigenvalue weighted by molar-refractivity contribution is 0.206. The third kappa shape index (κ3) is 4.90. The fraction of sp³-hybridized carbons (Fsp3) is 0.909. The van der Waals surface area contributed by atoms with Crippen LogP contribution in [0.2, 0.25) is 0 Å². The van der Waals surface area contributed by atoms with Crippen molar-refractivity contribution in [3.63, 3.8) is 0 Å². The average molecular weight is 182 g/mol. The smallest absolute Gasteiger partial charge is 0.0638 e. The molecule has 0 aliphatic rings. The van der Waals surface area contributed by atoms with Crippen molar-refractivity contribution in [2.24, 2.45) is 5.92 Å². The van der Waals surface area contributed by atoms with E-state index in [1.165, 1.54) is 6.42 Å². The molecule has 0 bridgehead atoms. The van der Waals surface area contributed by atoms with Gasteiger partial charge in [0.1, 0.15) is 0 Å². The van der Waals surface area contributed by atoms with Crippen LogP contribution < -0.4 is 0 Å². The molecular weight excluding hydrogens is 160 g/mol. The molecule has 0 aliphatic heterocycles. The van der Waals surface area contributed by atoms with Crippen molar-refractivity contribution < 1.29 is 0 Å². The zero-order chi connectivity index (χ0) is 10.3. The molecule has 0 aromatic heterocycles. The minimum Gasteiger partial charge on any atom is -0.302 e. The second-order valence-electron chi connectivity index (χ2n) is 3.88. The van der Waals surface area contributed by atoms with Gasteiger partial charge in [0.15, 0.2) is 0 Å². The monoisotopic (exact) mass is 182 g/mol. The van der Waals surface area contributed by atoms with E-state index < -0.39 is 0 Å². The van der Waals surface area contributed by atoms with Gasteiger partial charge in [-0.2, -0.15) is 5.26 Å². The molecular formula is C11H22N2. The first kappa shape index (κ1) is 12.4. The fourth-order valence-electron chi connectivity index (χ4n) is 1.49. The molecule has 2 atom stereocenters. The van der Waals surface area contributed by atoms with E-state index in [-0.39, 0.29) is 0 Å². The van der Waals surface area contributed by atoms with Gasteiger partial charge in [-0.05, 0) is 19.4 Å². The molecule has 0 amide bonds. The molecule has 0 saturated heterocycles. The summed E-state index contributed by atoms with van der Waals surface area (Å²) in [7, 11) is 2.12. The molecule has 0 heterocycles. The minimum absolute atomic E-state index is 0.444. The first-order valence-corrected chi connectivity index (χ1v) is 5.22. The van der Waals surface area contributed by atoms with Crippen molar-refractivity contribution in [2.45, 2.75) is 46.1 Å². The molecule has 76 valence electrons. The fourth-order valence-corrected chi connectivity index (χ4v) is 1.49. The van der Waals surface area contributed by atoms with Gasteiger partial charge < -0.3 is 4.90 Å². The van der Waals surface area contributed by atoms with Gasteiger partial charge in [-0.3, -0.25) is 0 Å². The Hall–Kier alpha value is -0.550. The summed E-state index contributed by atoms with van der Waals surface area (Å²) >= 11 is 0. The van der Waals surface area contributed by atoms with Gasteiger partial charge in [0.25, 0.3) is 0 Å². The van der Waals surface area contributed by atoms with Crippen LogP contribution in [0, 0.1) is 17.2 Å². The van der Waals surface area contributed by atoms with Gasteiger partial charge in [-0.1, -0.05) is 27.2 Å². The van der Waals surface area contributed by atoms with Crippen molar-refractivity contribution in [3.05, 3.63) is 0 Å². The van der Waals surface area contributed by atoms with Crippen molar-refractivity contribution in [2.75, 3.05) is 13.6 Å². The molecule has 0 fully saturated rings. The third-order valence-corrected chi connectivity index (χ3v) is 2.72. The van der Waals surface area contributed by atoms with Gasteiger partial charge in [0.2, 0.25) is 0 Å². The molecule has 0 N–H and O–H groups in total. The summed E-state index contributed by atoms with van der Waals surface area (Å²) in [6, 6.07) is 2.69. The highest BCUT2D eigenvalue weighted by Crippen LogP contribution is 2.10. The topological polar surface area (TPSA) is 27.0 Å². The van der Waals surface area contributed by atoms with Crippen molar-refractivity contribution >= 4 is 0 Å². The van der Waals surface area contributed by atoms with E-state index in [4.69, 9.17) is 5.26 Å². The highest BCUT2D eigenvalue weighted by Gasteiger charge is 2.13. The average Bonchev–Trinajstić information content (AvgIpc) is 2.13. The third-order valence-electron chi connectivity index (χ3n) is 2.72. The molecule has 0 radical (unpaired) electrons. The Kier molecular flexibility index (Phi) is 6.62. The zero-order valence-corrected chi connectivity index (χ0v) is 9.38. The van der Waals surface area contributed by atoms with Gasteiger partial charge in [-0.25, -0.2) is 0 Å². The Labute approximate surface area is 82.5 Å². The van der Waals surface area contributed by atoms with E-state index >= 15 is 0 Å².